The average Bonchev–Trinajstić information content (AvgIpc) is 3.05. The summed E-state index contributed by atoms with van der Waals surface area (Å²) in [4.78, 5) is 8.26. The molecule has 0 aliphatic heterocycles. The first-order chi connectivity index (χ1) is 22.7. The molecule has 0 aromatic rings. The summed E-state index contributed by atoms with van der Waals surface area (Å²) >= 11 is 0. The second-order valence-electron chi connectivity index (χ2n) is 13.7. The highest BCUT2D eigenvalue weighted by Crippen LogP contribution is 2.18. The number of hydrogen-bond donors (Lipinski definition) is 0. The maximum Gasteiger partial charge on any atom is 0.127 e. The molecule has 0 aromatic carbocycles. The minimum atomic E-state index is 0.293. The molecule has 0 amide bonds. The lowest BCUT2D eigenvalue weighted by molar-refractivity contribution is 0.0437. The van der Waals surface area contributed by atoms with Gasteiger partial charge in [-0.25, -0.2) is 0 Å². The number of rotatable bonds is 36. The van der Waals surface area contributed by atoms with Crippen LogP contribution in [0.5, 0.6) is 0 Å². The molecule has 0 aromatic heterocycles. The molecule has 0 heterocycles. The van der Waals surface area contributed by atoms with Crippen LogP contribution in [-0.4, -0.2) is 37.9 Å². The fraction of sp³-hybridized carbons (Fsp3) is 0.791. The van der Waals surface area contributed by atoms with E-state index in [1.807, 2.05) is 6.21 Å². The Labute approximate surface area is 289 Å². The van der Waals surface area contributed by atoms with E-state index in [1.165, 1.54) is 141 Å². The molecule has 0 radical (unpaired) electrons. The SMILES string of the molecule is CCCCCC=CCC=CCCCCCCCCC(CCCCCCCCC=CCC=CCCCCC)ON=CCCCN(C)C. The summed E-state index contributed by atoms with van der Waals surface area (Å²) in [6.07, 6.45) is 56.8. The Morgan fingerprint density at radius 3 is 1.26 bits per heavy atom. The van der Waals surface area contributed by atoms with Crippen molar-refractivity contribution in [1.82, 2.24) is 4.90 Å². The summed E-state index contributed by atoms with van der Waals surface area (Å²) in [5.41, 5.74) is 0. The summed E-state index contributed by atoms with van der Waals surface area (Å²) in [5.74, 6) is 0. The van der Waals surface area contributed by atoms with Gasteiger partial charge in [0.05, 0.1) is 0 Å². The first-order valence-corrected chi connectivity index (χ1v) is 20.1. The first kappa shape index (κ1) is 44.4. The number of unbranched alkanes of at least 4 members (excludes halogenated alkanes) is 19. The second kappa shape index (κ2) is 39.6. The molecule has 0 N–H and O–H groups in total. The molecular weight excluding hydrogens is 560 g/mol. The van der Waals surface area contributed by atoms with E-state index < -0.39 is 0 Å². The third-order valence-electron chi connectivity index (χ3n) is 8.68. The minimum Gasteiger partial charge on any atom is -0.393 e. The molecule has 0 saturated carbocycles. The molecule has 268 valence electrons. The Hall–Kier alpha value is -1.61. The lowest BCUT2D eigenvalue weighted by Gasteiger charge is -2.15. The molecule has 0 atom stereocenters. The van der Waals surface area contributed by atoms with E-state index in [2.05, 4.69) is 86.6 Å². The molecule has 0 unspecified atom stereocenters. The maximum atomic E-state index is 6.03. The zero-order valence-electron chi connectivity index (χ0n) is 31.6. The normalized spacial score (nSPS) is 13.2. The molecule has 0 spiro atoms. The van der Waals surface area contributed by atoms with Crippen LogP contribution in [0, 0.1) is 0 Å². The Morgan fingerprint density at radius 2 is 0.848 bits per heavy atom. The molecule has 0 aliphatic rings. The smallest absolute Gasteiger partial charge is 0.127 e. The van der Waals surface area contributed by atoms with E-state index in [4.69, 9.17) is 4.84 Å². The molecule has 0 saturated heterocycles. The highest BCUT2D eigenvalue weighted by atomic mass is 16.6. The summed E-state index contributed by atoms with van der Waals surface area (Å²) in [7, 11) is 4.26. The largest absolute Gasteiger partial charge is 0.393 e. The van der Waals surface area contributed by atoms with Gasteiger partial charge in [0, 0.05) is 6.21 Å². The minimum absolute atomic E-state index is 0.293. The van der Waals surface area contributed by atoms with Crippen molar-refractivity contribution in [3.8, 4) is 0 Å². The predicted molar refractivity (Wildman–Crippen MR) is 209 cm³/mol. The molecule has 0 rings (SSSR count). The average molecular weight is 641 g/mol. The van der Waals surface area contributed by atoms with Crippen LogP contribution in [0.4, 0.5) is 0 Å². The van der Waals surface area contributed by atoms with Crippen molar-refractivity contribution >= 4 is 6.21 Å². The van der Waals surface area contributed by atoms with Gasteiger partial charge in [-0.1, -0.05) is 145 Å². The van der Waals surface area contributed by atoms with E-state index in [0.717, 1.165) is 45.1 Å². The quantitative estimate of drug-likeness (QED) is 0.0294. The van der Waals surface area contributed by atoms with Crippen LogP contribution in [0.15, 0.2) is 53.8 Å². The Bertz CT molecular complexity index is 672. The third-order valence-corrected chi connectivity index (χ3v) is 8.68. The first-order valence-electron chi connectivity index (χ1n) is 20.1. The van der Waals surface area contributed by atoms with E-state index in [-0.39, 0.29) is 0 Å². The topological polar surface area (TPSA) is 24.8 Å². The van der Waals surface area contributed by atoms with Crippen molar-refractivity contribution < 1.29 is 4.84 Å². The van der Waals surface area contributed by atoms with Crippen molar-refractivity contribution in [3.63, 3.8) is 0 Å². The summed E-state index contributed by atoms with van der Waals surface area (Å²) < 4.78 is 0. The lowest BCUT2D eigenvalue weighted by atomic mass is 10.0. The molecular formula is C43H80N2O. The van der Waals surface area contributed by atoms with Gasteiger partial charge in [-0.3, -0.25) is 0 Å². The van der Waals surface area contributed by atoms with Gasteiger partial charge in [-0.05, 0) is 123 Å². The number of allylic oxidation sites excluding steroid dienone is 8. The van der Waals surface area contributed by atoms with Gasteiger partial charge in [-0.15, -0.1) is 0 Å². The number of oxime groups is 1. The van der Waals surface area contributed by atoms with Gasteiger partial charge in [0.25, 0.3) is 0 Å². The third kappa shape index (κ3) is 38.6. The van der Waals surface area contributed by atoms with Crippen molar-refractivity contribution in [2.24, 2.45) is 5.16 Å². The molecule has 3 heteroatoms. The zero-order chi connectivity index (χ0) is 33.4. The lowest BCUT2D eigenvalue weighted by Crippen LogP contribution is -2.13. The monoisotopic (exact) mass is 641 g/mol. The van der Waals surface area contributed by atoms with Crippen molar-refractivity contribution in [1.29, 1.82) is 0 Å². The molecule has 0 aliphatic carbocycles. The Kier molecular flexibility index (Phi) is 38.2. The van der Waals surface area contributed by atoms with Gasteiger partial charge in [0.2, 0.25) is 0 Å². The fourth-order valence-corrected chi connectivity index (χ4v) is 5.65. The van der Waals surface area contributed by atoms with Crippen LogP contribution >= 0.6 is 0 Å². The number of hydrogen-bond acceptors (Lipinski definition) is 3. The van der Waals surface area contributed by atoms with Crippen LogP contribution < -0.4 is 0 Å². The van der Waals surface area contributed by atoms with Crippen LogP contribution in [0.25, 0.3) is 0 Å². The number of nitrogens with zero attached hydrogens (tertiary/aromatic N) is 2. The van der Waals surface area contributed by atoms with Gasteiger partial charge in [-0.2, -0.15) is 0 Å². The van der Waals surface area contributed by atoms with Crippen LogP contribution in [0.3, 0.4) is 0 Å². The molecule has 0 fully saturated rings. The molecule has 3 nitrogen and oxygen atoms in total. The van der Waals surface area contributed by atoms with Gasteiger partial charge < -0.3 is 9.74 Å². The second-order valence-corrected chi connectivity index (χ2v) is 13.7. The van der Waals surface area contributed by atoms with Crippen molar-refractivity contribution in [2.45, 2.75) is 200 Å². The Morgan fingerprint density at radius 1 is 0.457 bits per heavy atom. The van der Waals surface area contributed by atoms with E-state index in [0.29, 0.717) is 6.10 Å². The standard InChI is InChI=1S/C43H80N2O/c1-5-7-9-11-13-15-17-19-21-23-25-27-29-31-33-35-39-43(46-44-41-37-38-42-45(3)4)40-36-34-32-30-28-26-24-22-20-18-16-14-12-10-8-6-2/h13-16,19-22,41,43H,5-12,17-18,23-40,42H2,1-4H3. The highest BCUT2D eigenvalue weighted by molar-refractivity contribution is 5.56. The Balaban J connectivity index is 3.97. The summed E-state index contributed by atoms with van der Waals surface area (Å²) in [6.45, 7) is 5.64. The van der Waals surface area contributed by atoms with Crippen molar-refractivity contribution in [2.75, 3.05) is 20.6 Å². The summed E-state index contributed by atoms with van der Waals surface area (Å²) in [5, 5.41) is 4.39. The van der Waals surface area contributed by atoms with E-state index >= 15 is 0 Å². The van der Waals surface area contributed by atoms with Gasteiger partial charge in [0.15, 0.2) is 0 Å². The fourth-order valence-electron chi connectivity index (χ4n) is 5.65. The van der Waals surface area contributed by atoms with Gasteiger partial charge >= 0.3 is 0 Å². The predicted octanol–water partition coefficient (Wildman–Crippen LogP) is 14.1. The van der Waals surface area contributed by atoms with E-state index in [9.17, 15) is 0 Å². The van der Waals surface area contributed by atoms with Crippen LogP contribution in [0.1, 0.15) is 194 Å². The van der Waals surface area contributed by atoms with Crippen LogP contribution in [-0.2, 0) is 4.84 Å². The maximum absolute atomic E-state index is 6.03. The van der Waals surface area contributed by atoms with Crippen LogP contribution in [0.2, 0.25) is 0 Å². The molecule has 46 heavy (non-hydrogen) atoms. The van der Waals surface area contributed by atoms with Crippen molar-refractivity contribution in [3.05, 3.63) is 48.6 Å². The zero-order valence-corrected chi connectivity index (χ0v) is 31.6. The summed E-state index contributed by atoms with van der Waals surface area (Å²) in [6, 6.07) is 0. The molecule has 0 bridgehead atoms. The highest BCUT2D eigenvalue weighted by Gasteiger charge is 2.09. The van der Waals surface area contributed by atoms with Gasteiger partial charge in [0.1, 0.15) is 6.10 Å². The van der Waals surface area contributed by atoms with E-state index in [1.54, 1.807) is 0 Å².